The number of nitrogen functional groups attached to an aromatic ring is 1. The largest absolute Gasteiger partial charge is 0.504 e. The number of nitrogens with one attached hydrogen (secondary N) is 2. The lowest BCUT2D eigenvalue weighted by Crippen LogP contribution is -2.57. The first kappa shape index (κ1) is 44.9. The number of benzene rings is 3. The van der Waals surface area contributed by atoms with Crippen molar-refractivity contribution in [3.63, 3.8) is 0 Å². The quantitative estimate of drug-likeness (QED) is 0.0470. The average molecular weight is 873 g/mol. The summed E-state index contributed by atoms with van der Waals surface area (Å²) >= 11 is 0. The van der Waals surface area contributed by atoms with Gasteiger partial charge in [-0.3, -0.25) is 9.59 Å². The minimum Gasteiger partial charge on any atom is -0.504 e. The predicted molar refractivity (Wildman–Crippen MR) is 261 cm³/mol. The van der Waals surface area contributed by atoms with Crippen LogP contribution in [0.5, 0.6) is 11.5 Å². The van der Waals surface area contributed by atoms with Crippen LogP contribution in [0.1, 0.15) is 96.7 Å². The molecule has 0 bridgehead atoms. The lowest BCUT2D eigenvalue weighted by molar-refractivity contribution is -0.125. The summed E-state index contributed by atoms with van der Waals surface area (Å²) < 4.78 is 5.50. The Hall–Kier alpha value is -5.31. The number of aryl methyl sites for hydroxylation is 4. The number of hydrogen-bond donors (Lipinski definition) is 4. The standard InChI is InChI=1S/C57H68N4O4/c1-65-54-31-42(45(30-53(54)64)29-46-37-61-55(58)32-43(46)18-16-40-11-5-10-39(26-40)15-14-38-8-3-2-4-9-38)19-21-49(62)33-50(63)27-41-17-20-48-13-6-23-57(48,34-41)35-52-51-22-25-59-36-47(51)28-44-12-7-24-60-56(44)52/h2-5,7-12,17,19-21,26,30-32,37,41,44,47-48,51-52,56,59-60,64H,6,13-16,18,22-25,27-29,33-36H2,1H3,(H2,58,61)/b21-19+/t41-,44-,47-,48+,51+,52-,56+,57-/m0/s1. The SMILES string of the molecule is COc1cc(/C=C/C(=O)CC(=O)C[C@@H]2C=C[C@H]3CCC[C@@]3(C[C@H]3[C@@H]4CCNC[C@@H]4C[C@@H]4C=CCN[C@@H]34)C2)c(Cc2cnc(N)cc2CCc2cccc(CCc3ccccc3)c2)cc1O. The molecule has 0 amide bonds. The number of rotatable bonds is 17. The second-order valence-corrected chi connectivity index (χ2v) is 20.1. The van der Waals surface area contributed by atoms with E-state index in [4.69, 9.17) is 10.5 Å². The number of piperidine rings is 1. The summed E-state index contributed by atoms with van der Waals surface area (Å²) in [6, 6.07) is 25.3. The number of nitrogens with zero attached hydrogens (tertiary/aromatic N) is 1. The molecular weight excluding hydrogens is 805 g/mol. The molecule has 5 aliphatic rings. The summed E-state index contributed by atoms with van der Waals surface area (Å²) in [4.78, 5) is 31.7. The highest BCUT2D eigenvalue weighted by Gasteiger charge is 2.52. The number of pyridine rings is 1. The number of allylic oxidation sites excluding steroid dienone is 3. The fraction of sp³-hybridized carbons (Fsp3) is 0.456. The van der Waals surface area contributed by atoms with Crippen LogP contribution in [-0.4, -0.2) is 54.4 Å². The molecule has 0 radical (unpaired) electrons. The monoisotopic (exact) mass is 873 g/mol. The molecule has 340 valence electrons. The number of hydrogen-bond acceptors (Lipinski definition) is 8. The summed E-state index contributed by atoms with van der Waals surface area (Å²) in [5.41, 5.74) is 14.0. The number of anilines is 1. The Morgan fingerprint density at radius 1 is 0.923 bits per heavy atom. The van der Waals surface area contributed by atoms with E-state index in [1.165, 1.54) is 68.4 Å². The third kappa shape index (κ3) is 10.7. The van der Waals surface area contributed by atoms with Crippen molar-refractivity contribution in [3.05, 3.63) is 148 Å². The topological polar surface area (TPSA) is 127 Å². The number of ether oxygens (including phenoxy) is 1. The van der Waals surface area contributed by atoms with Gasteiger partial charge in [0.05, 0.1) is 13.5 Å². The number of aromatic hydroxyl groups is 1. The van der Waals surface area contributed by atoms with Crippen molar-refractivity contribution in [2.45, 2.75) is 95.9 Å². The summed E-state index contributed by atoms with van der Waals surface area (Å²) in [5.74, 6) is 4.10. The van der Waals surface area contributed by atoms with Gasteiger partial charge in [0.1, 0.15) is 11.6 Å². The number of carbonyl (C=O) groups excluding carboxylic acids is 2. The van der Waals surface area contributed by atoms with Gasteiger partial charge in [-0.1, -0.05) is 91.4 Å². The molecule has 9 rings (SSSR count). The lowest BCUT2D eigenvalue weighted by Gasteiger charge is -2.54. The molecule has 1 saturated heterocycles. The highest BCUT2D eigenvalue weighted by atomic mass is 16.5. The van der Waals surface area contributed by atoms with E-state index < -0.39 is 0 Å². The Morgan fingerprint density at radius 2 is 1.74 bits per heavy atom. The van der Waals surface area contributed by atoms with Crippen LogP contribution in [0.25, 0.3) is 6.08 Å². The molecule has 8 heteroatoms. The van der Waals surface area contributed by atoms with Crippen molar-refractivity contribution in [3.8, 4) is 11.5 Å². The van der Waals surface area contributed by atoms with Gasteiger partial charge in [0.25, 0.3) is 0 Å². The zero-order valence-electron chi connectivity index (χ0n) is 38.2. The molecule has 8 atom stereocenters. The molecule has 3 heterocycles. The number of phenolic OH excluding ortho intramolecular Hbond substituents is 1. The van der Waals surface area contributed by atoms with Gasteiger partial charge in [-0.2, -0.15) is 0 Å². The van der Waals surface area contributed by atoms with Gasteiger partial charge in [-0.05, 0) is 188 Å². The molecule has 2 saturated carbocycles. The zero-order valence-corrected chi connectivity index (χ0v) is 38.2. The average Bonchev–Trinajstić information content (AvgIpc) is 3.74. The maximum absolute atomic E-state index is 13.7. The Balaban J connectivity index is 0.843. The van der Waals surface area contributed by atoms with E-state index in [9.17, 15) is 14.7 Å². The van der Waals surface area contributed by atoms with E-state index in [1.54, 1.807) is 18.2 Å². The maximum atomic E-state index is 13.7. The molecule has 65 heavy (non-hydrogen) atoms. The number of nitrogens with two attached hydrogens (primary N) is 1. The van der Waals surface area contributed by atoms with Crippen LogP contribution in [0.2, 0.25) is 0 Å². The minimum absolute atomic E-state index is 0.000961. The molecule has 2 aliphatic heterocycles. The van der Waals surface area contributed by atoms with Crippen LogP contribution in [-0.2, 0) is 41.7 Å². The van der Waals surface area contributed by atoms with E-state index in [-0.39, 0.29) is 35.1 Å². The van der Waals surface area contributed by atoms with Gasteiger partial charge in [-0.25, -0.2) is 4.98 Å². The summed E-state index contributed by atoms with van der Waals surface area (Å²) in [6.07, 6.45) is 27.6. The number of fused-ring (bicyclic) bond motifs is 3. The van der Waals surface area contributed by atoms with Crippen molar-refractivity contribution in [1.82, 2.24) is 15.6 Å². The second-order valence-electron chi connectivity index (χ2n) is 20.1. The van der Waals surface area contributed by atoms with Gasteiger partial charge >= 0.3 is 0 Å². The van der Waals surface area contributed by atoms with Crippen molar-refractivity contribution >= 4 is 23.5 Å². The van der Waals surface area contributed by atoms with Crippen molar-refractivity contribution in [2.24, 2.45) is 40.9 Å². The molecule has 0 unspecified atom stereocenters. The maximum Gasteiger partial charge on any atom is 0.163 e. The summed E-state index contributed by atoms with van der Waals surface area (Å²) in [5, 5.41) is 18.6. The van der Waals surface area contributed by atoms with Crippen LogP contribution in [0.4, 0.5) is 5.82 Å². The van der Waals surface area contributed by atoms with Crippen LogP contribution in [0, 0.1) is 40.9 Å². The second kappa shape index (κ2) is 20.5. The number of methoxy groups -OCH3 is 1. The molecule has 4 aromatic rings. The Labute approximate surface area is 386 Å². The molecule has 3 aliphatic carbocycles. The minimum atomic E-state index is -0.219. The van der Waals surface area contributed by atoms with E-state index in [1.807, 2.05) is 12.3 Å². The third-order valence-electron chi connectivity index (χ3n) is 15.9. The highest BCUT2D eigenvalue weighted by Crippen LogP contribution is 2.58. The van der Waals surface area contributed by atoms with Gasteiger partial charge < -0.3 is 26.2 Å². The molecule has 3 aromatic carbocycles. The molecule has 0 spiro atoms. The zero-order chi connectivity index (χ0) is 44.8. The number of aromatic nitrogens is 1. The van der Waals surface area contributed by atoms with Gasteiger partial charge in [0, 0.05) is 25.2 Å². The fourth-order valence-electron chi connectivity index (χ4n) is 12.8. The van der Waals surface area contributed by atoms with E-state index >= 15 is 0 Å². The molecule has 5 N–H and O–H groups in total. The number of ketones is 2. The van der Waals surface area contributed by atoms with E-state index in [0.29, 0.717) is 48.2 Å². The van der Waals surface area contributed by atoms with Crippen LogP contribution >= 0.6 is 0 Å². The van der Waals surface area contributed by atoms with Crippen molar-refractivity contribution in [1.29, 1.82) is 0 Å². The third-order valence-corrected chi connectivity index (χ3v) is 15.9. The summed E-state index contributed by atoms with van der Waals surface area (Å²) in [6.45, 7) is 3.23. The molecule has 8 nitrogen and oxygen atoms in total. The van der Waals surface area contributed by atoms with Crippen molar-refractivity contribution < 1.29 is 19.4 Å². The molecule has 3 fully saturated rings. The molecular formula is C57H68N4O4. The van der Waals surface area contributed by atoms with Crippen LogP contribution in [0.15, 0.2) is 109 Å². The summed E-state index contributed by atoms with van der Waals surface area (Å²) in [7, 11) is 1.52. The van der Waals surface area contributed by atoms with Crippen molar-refractivity contribution in [2.75, 3.05) is 32.5 Å². The van der Waals surface area contributed by atoms with Crippen LogP contribution < -0.4 is 21.1 Å². The predicted octanol–water partition coefficient (Wildman–Crippen LogP) is 9.61. The Kier molecular flexibility index (Phi) is 14.1. The smallest absolute Gasteiger partial charge is 0.163 e. The Bertz CT molecular complexity index is 2410. The number of carbonyl (C=O) groups is 2. The highest BCUT2D eigenvalue weighted by molar-refractivity contribution is 6.06. The van der Waals surface area contributed by atoms with Gasteiger partial charge in [0.2, 0.25) is 0 Å². The van der Waals surface area contributed by atoms with Gasteiger partial charge in [0.15, 0.2) is 17.3 Å². The Morgan fingerprint density at radius 3 is 2.58 bits per heavy atom. The van der Waals surface area contributed by atoms with E-state index in [2.05, 4.69) is 94.5 Å². The first-order valence-electron chi connectivity index (χ1n) is 24.5. The number of phenols is 1. The lowest BCUT2D eigenvalue weighted by atomic mass is 9.55. The first-order valence-corrected chi connectivity index (χ1v) is 24.5. The fourth-order valence-corrected chi connectivity index (χ4v) is 12.8. The normalized spacial score (nSPS) is 26.9. The number of Topliss-reactive ketones (excluding diaryl/α,β-unsaturated/α-hetero) is 1. The first-order chi connectivity index (χ1) is 31.7. The van der Waals surface area contributed by atoms with Crippen LogP contribution in [0.3, 0.4) is 0 Å². The molecule has 1 aromatic heterocycles. The van der Waals surface area contributed by atoms with Gasteiger partial charge in [-0.15, -0.1) is 0 Å². The van der Waals surface area contributed by atoms with E-state index in [0.717, 1.165) is 85.8 Å².